The van der Waals surface area contributed by atoms with Gasteiger partial charge < -0.3 is 19.7 Å². The number of benzene rings is 3. The minimum absolute atomic E-state index is 0.0847. The van der Waals surface area contributed by atoms with Gasteiger partial charge in [-0.3, -0.25) is 4.90 Å². The van der Waals surface area contributed by atoms with E-state index in [4.69, 9.17) is 9.47 Å². The normalized spacial score (nSPS) is 14.3. The van der Waals surface area contributed by atoms with Gasteiger partial charge in [-0.2, -0.15) is 0 Å². The summed E-state index contributed by atoms with van der Waals surface area (Å²) in [5, 5.41) is 19.9. The molecule has 0 aliphatic carbocycles. The van der Waals surface area contributed by atoms with Gasteiger partial charge in [-0.25, -0.2) is 0 Å². The van der Waals surface area contributed by atoms with Gasteiger partial charge in [0, 0.05) is 6.54 Å². The molecule has 0 unspecified atom stereocenters. The molecule has 4 rings (SSSR count). The van der Waals surface area contributed by atoms with Crippen molar-refractivity contribution in [2.45, 2.75) is 25.7 Å². The third-order valence-corrected chi connectivity index (χ3v) is 5.52. The summed E-state index contributed by atoms with van der Waals surface area (Å²) < 4.78 is 11.8. The molecule has 1 fully saturated rings. The summed E-state index contributed by atoms with van der Waals surface area (Å²) in [6, 6.07) is 19.9. The molecular weight excluding hydrogens is 390 g/mol. The Labute approximate surface area is 183 Å². The van der Waals surface area contributed by atoms with Crippen molar-refractivity contribution >= 4 is 0 Å². The van der Waals surface area contributed by atoms with E-state index < -0.39 is 0 Å². The van der Waals surface area contributed by atoms with Crippen LogP contribution in [-0.2, 0) is 6.42 Å². The van der Waals surface area contributed by atoms with Gasteiger partial charge in [0.05, 0.1) is 0 Å². The van der Waals surface area contributed by atoms with Crippen molar-refractivity contribution in [1.82, 2.24) is 4.90 Å². The predicted octanol–water partition coefficient (Wildman–Crippen LogP) is 5.35. The number of piperidine rings is 1. The third kappa shape index (κ3) is 6.15. The standard InChI is InChI=1S/C26H29NO4/c28-22-6-4-5-20(18-22)17-21-7-12-25(29)26(19-21)31-24-10-8-23(9-11-24)30-16-15-27-13-2-1-3-14-27/h4-12,18-19,28-29H,1-3,13-17H2. The van der Waals surface area contributed by atoms with Crippen LogP contribution in [0.5, 0.6) is 28.7 Å². The van der Waals surface area contributed by atoms with Crippen LogP contribution in [0.15, 0.2) is 66.7 Å². The Balaban J connectivity index is 1.33. The number of nitrogens with zero attached hydrogens (tertiary/aromatic N) is 1. The second-order valence-electron chi connectivity index (χ2n) is 7.97. The molecule has 0 atom stereocenters. The Morgan fingerprint density at radius 3 is 2.29 bits per heavy atom. The third-order valence-electron chi connectivity index (χ3n) is 5.52. The molecule has 1 aliphatic heterocycles. The van der Waals surface area contributed by atoms with Crippen LogP contribution in [0.4, 0.5) is 0 Å². The molecule has 0 amide bonds. The predicted molar refractivity (Wildman–Crippen MR) is 121 cm³/mol. The van der Waals surface area contributed by atoms with E-state index in [1.165, 1.54) is 32.4 Å². The zero-order valence-electron chi connectivity index (χ0n) is 17.7. The Bertz CT molecular complexity index is 981. The first-order valence-electron chi connectivity index (χ1n) is 10.9. The first-order chi connectivity index (χ1) is 15.2. The molecule has 0 saturated carbocycles. The Morgan fingerprint density at radius 2 is 1.52 bits per heavy atom. The lowest BCUT2D eigenvalue weighted by Crippen LogP contribution is -2.33. The molecule has 0 aromatic heterocycles. The van der Waals surface area contributed by atoms with Crippen LogP contribution in [0, 0.1) is 0 Å². The highest BCUT2D eigenvalue weighted by molar-refractivity contribution is 5.46. The summed E-state index contributed by atoms with van der Waals surface area (Å²) in [6.45, 7) is 3.98. The van der Waals surface area contributed by atoms with E-state index >= 15 is 0 Å². The highest BCUT2D eigenvalue weighted by Gasteiger charge is 2.10. The molecule has 3 aromatic rings. The molecule has 5 heteroatoms. The van der Waals surface area contributed by atoms with Crippen molar-refractivity contribution in [3.8, 4) is 28.7 Å². The lowest BCUT2D eigenvalue weighted by molar-refractivity contribution is 0.183. The number of rotatable bonds is 8. The van der Waals surface area contributed by atoms with E-state index in [2.05, 4.69) is 4.90 Å². The fourth-order valence-corrected chi connectivity index (χ4v) is 3.86. The summed E-state index contributed by atoms with van der Waals surface area (Å²) in [4.78, 5) is 2.45. The van der Waals surface area contributed by atoms with Crippen LogP contribution in [0.2, 0.25) is 0 Å². The van der Waals surface area contributed by atoms with Gasteiger partial charge >= 0.3 is 0 Å². The molecule has 0 spiro atoms. The summed E-state index contributed by atoms with van der Waals surface area (Å²) in [6.07, 6.45) is 4.55. The van der Waals surface area contributed by atoms with Crippen LogP contribution in [0.25, 0.3) is 0 Å². The van der Waals surface area contributed by atoms with Crippen LogP contribution < -0.4 is 9.47 Å². The van der Waals surface area contributed by atoms with Gasteiger partial charge in [0.1, 0.15) is 23.9 Å². The van der Waals surface area contributed by atoms with Gasteiger partial charge in [0.2, 0.25) is 0 Å². The Morgan fingerprint density at radius 1 is 0.774 bits per heavy atom. The molecule has 2 N–H and O–H groups in total. The summed E-state index contributed by atoms with van der Waals surface area (Å²) in [5.41, 5.74) is 1.97. The van der Waals surface area contributed by atoms with Gasteiger partial charge in [-0.15, -0.1) is 0 Å². The molecule has 3 aromatic carbocycles. The zero-order valence-corrected chi connectivity index (χ0v) is 17.7. The van der Waals surface area contributed by atoms with E-state index in [-0.39, 0.29) is 11.5 Å². The number of hydrogen-bond acceptors (Lipinski definition) is 5. The van der Waals surface area contributed by atoms with Crippen molar-refractivity contribution in [3.05, 3.63) is 77.9 Å². The number of phenolic OH excluding ortho intramolecular Hbond substituents is 2. The molecule has 1 heterocycles. The molecule has 31 heavy (non-hydrogen) atoms. The van der Waals surface area contributed by atoms with Crippen LogP contribution in [-0.4, -0.2) is 41.4 Å². The number of likely N-dealkylation sites (tertiary alicyclic amines) is 1. The highest BCUT2D eigenvalue weighted by Crippen LogP contribution is 2.33. The maximum Gasteiger partial charge on any atom is 0.169 e. The summed E-state index contributed by atoms with van der Waals surface area (Å²) in [7, 11) is 0. The van der Waals surface area contributed by atoms with Crippen molar-refractivity contribution in [3.63, 3.8) is 0 Å². The largest absolute Gasteiger partial charge is 0.508 e. The van der Waals surface area contributed by atoms with Crippen LogP contribution in [0.3, 0.4) is 0 Å². The van der Waals surface area contributed by atoms with Crippen molar-refractivity contribution in [1.29, 1.82) is 0 Å². The molecule has 1 aliphatic rings. The molecular formula is C26H29NO4. The average Bonchev–Trinajstić information content (AvgIpc) is 2.78. The SMILES string of the molecule is Oc1cccc(Cc2ccc(O)c(Oc3ccc(OCCN4CCCCC4)cc3)c2)c1. The second kappa shape index (κ2) is 10.2. The van der Waals surface area contributed by atoms with E-state index in [9.17, 15) is 10.2 Å². The zero-order chi connectivity index (χ0) is 21.5. The number of phenols is 2. The topological polar surface area (TPSA) is 62.2 Å². The first kappa shape index (κ1) is 21.1. The monoisotopic (exact) mass is 419 g/mol. The van der Waals surface area contributed by atoms with E-state index in [0.717, 1.165) is 23.4 Å². The fourth-order valence-electron chi connectivity index (χ4n) is 3.86. The number of aromatic hydroxyl groups is 2. The van der Waals surface area contributed by atoms with Crippen molar-refractivity contribution in [2.75, 3.05) is 26.2 Å². The smallest absolute Gasteiger partial charge is 0.169 e. The quantitative estimate of drug-likeness (QED) is 0.516. The first-order valence-corrected chi connectivity index (χ1v) is 10.9. The second-order valence-corrected chi connectivity index (χ2v) is 7.97. The van der Waals surface area contributed by atoms with Crippen LogP contribution >= 0.6 is 0 Å². The number of ether oxygens (including phenoxy) is 2. The van der Waals surface area contributed by atoms with Gasteiger partial charge in [0.15, 0.2) is 11.5 Å². The van der Waals surface area contributed by atoms with Crippen LogP contribution in [0.1, 0.15) is 30.4 Å². The molecule has 0 radical (unpaired) electrons. The van der Waals surface area contributed by atoms with Crippen molar-refractivity contribution in [2.24, 2.45) is 0 Å². The van der Waals surface area contributed by atoms with Gasteiger partial charge in [0.25, 0.3) is 0 Å². The minimum Gasteiger partial charge on any atom is -0.508 e. The summed E-state index contributed by atoms with van der Waals surface area (Å²) >= 11 is 0. The lowest BCUT2D eigenvalue weighted by Gasteiger charge is -2.26. The maximum atomic E-state index is 10.2. The molecule has 162 valence electrons. The fraction of sp³-hybridized carbons (Fsp3) is 0.308. The maximum absolute atomic E-state index is 10.2. The molecule has 1 saturated heterocycles. The Hall–Kier alpha value is -3.18. The average molecular weight is 420 g/mol. The summed E-state index contributed by atoms with van der Waals surface area (Å²) in [5.74, 6) is 2.17. The minimum atomic E-state index is 0.0847. The number of hydrogen-bond donors (Lipinski definition) is 2. The molecule has 0 bridgehead atoms. The molecule has 5 nitrogen and oxygen atoms in total. The van der Waals surface area contributed by atoms with Gasteiger partial charge in [-0.05, 0) is 92.0 Å². The highest BCUT2D eigenvalue weighted by atomic mass is 16.5. The van der Waals surface area contributed by atoms with Crippen molar-refractivity contribution < 1.29 is 19.7 Å². The van der Waals surface area contributed by atoms with E-state index in [0.29, 0.717) is 24.5 Å². The lowest BCUT2D eigenvalue weighted by atomic mass is 10.0. The Kier molecular flexibility index (Phi) is 6.95. The van der Waals surface area contributed by atoms with E-state index in [1.807, 2.05) is 48.5 Å². The van der Waals surface area contributed by atoms with Gasteiger partial charge in [-0.1, -0.05) is 24.6 Å². The van der Waals surface area contributed by atoms with E-state index in [1.54, 1.807) is 18.2 Å².